The fraction of sp³-hybridized carbons (Fsp3) is 0.300. The first-order chi connectivity index (χ1) is 13.0. The van der Waals surface area contributed by atoms with E-state index >= 15 is 0 Å². The van der Waals surface area contributed by atoms with E-state index in [-0.39, 0.29) is 25.0 Å². The highest BCUT2D eigenvalue weighted by molar-refractivity contribution is 6.36. The maximum absolute atomic E-state index is 13.8. The van der Waals surface area contributed by atoms with E-state index in [0.29, 0.717) is 34.5 Å². The Morgan fingerprint density at radius 3 is 2.93 bits per heavy atom. The van der Waals surface area contributed by atoms with Gasteiger partial charge in [-0.15, -0.1) is 0 Å². The normalized spacial score (nSPS) is 18.1. The second-order valence-electron chi connectivity index (χ2n) is 6.81. The van der Waals surface area contributed by atoms with E-state index in [9.17, 15) is 14.0 Å². The van der Waals surface area contributed by atoms with Gasteiger partial charge in [-0.3, -0.25) is 9.59 Å². The molecular weight excluding hydrogens is 349 g/mol. The van der Waals surface area contributed by atoms with Crippen LogP contribution in [0.15, 0.2) is 18.2 Å². The lowest BCUT2D eigenvalue weighted by Gasteiger charge is -2.18. The second kappa shape index (κ2) is 6.66. The molecule has 2 aromatic rings. The number of nitrogens with one attached hydrogen (secondary N) is 3. The Morgan fingerprint density at radius 1 is 1.33 bits per heavy atom. The summed E-state index contributed by atoms with van der Waals surface area (Å²) >= 11 is 0. The molecule has 0 unspecified atom stereocenters. The first-order valence-electron chi connectivity index (χ1n) is 8.96. The molecule has 0 bridgehead atoms. The van der Waals surface area contributed by atoms with Gasteiger partial charge in [0, 0.05) is 29.2 Å². The van der Waals surface area contributed by atoms with Crippen molar-refractivity contribution in [2.75, 3.05) is 18.5 Å². The maximum atomic E-state index is 13.8. The van der Waals surface area contributed by atoms with Crippen molar-refractivity contribution in [3.05, 3.63) is 52.1 Å². The highest BCUT2D eigenvalue weighted by Gasteiger charge is 2.33. The summed E-state index contributed by atoms with van der Waals surface area (Å²) in [6.45, 7) is 1.87. The van der Waals surface area contributed by atoms with Gasteiger partial charge in [0.1, 0.15) is 5.82 Å². The zero-order valence-electron chi connectivity index (χ0n) is 14.9. The monoisotopic (exact) mass is 369 g/mol. The topological polar surface area (TPSA) is 94.2 Å². The van der Waals surface area contributed by atoms with Gasteiger partial charge in [-0.2, -0.15) is 0 Å². The molecular formula is C20H20FN3O3. The van der Waals surface area contributed by atoms with Crippen molar-refractivity contribution < 1.29 is 19.1 Å². The minimum Gasteiger partial charge on any atom is -0.395 e. The van der Waals surface area contributed by atoms with Crippen LogP contribution in [0.25, 0.3) is 11.1 Å². The Bertz CT molecular complexity index is 991. The van der Waals surface area contributed by atoms with Gasteiger partial charge >= 0.3 is 0 Å². The fourth-order valence-corrected chi connectivity index (χ4v) is 4.01. The van der Waals surface area contributed by atoms with Crippen molar-refractivity contribution in [3.8, 4) is 0 Å². The quantitative estimate of drug-likeness (QED) is 0.626. The van der Waals surface area contributed by atoms with Crippen LogP contribution in [0.4, 0.5) is 10.1 Å². The van der Waals surface area contributed by atoms with Crippen molar-refractivity contribution in [1.29, 1.82) is 0 Å². The Morgan fingerprint density at radius 2 is 2.15 bits per heavy atom. The van der Waals surface area contributed by atoms with Crippen LogP contribution in [0.5, 0.6) is 0 Å². The lowest BCUT2D eigenvalue weighted by atomic mass is 9.86. The van der Waals surface area contributed by atoms with E-state index in [1.54, 1.807) is 6.07 Å². The number of hydrogen-bond donors (Lipinski definition) is 4. The number of aromatic amines is 1. The van der Waals surface area contributed by atoms with Gasteiger partial charge in [0.15, 0.2) is 0 Å². The Kier molecular flexibility index (Phi) is 4.31. The zero-order chi connectivity index (χ0) is 19.1. The minimum atomic E-state index is -0.397. The van der Waals surface area contributed by atoms with Gasteiger partial charge in [0.25, 0.3) is 11.8 Å². The minimum absolute atomic E-state index is 0.130. The molecule has 2 aliphatic rings. The standard InChI is InChI=1S/C20H20FN3O3/c1-10-16(19(26)22-7-8-25)12-3-2-4-13(18(12)23-10)17-14-9-11(21)5-6-15(14)24-20(17)27/h5-6,9,23,25H,2-4,7-8H2,1H3,(H,22,26)(H,24,27)/b17-13-. The predicted octanol–water partition coefficient (Wildman–Crippen LogP) is 2.38. The molecule has 0 radical (unpaired) electrons. The summed E-state index contributed by atoms with van der Waals surface area (Å²) in [6.07, 6.45) is 2.18. The lowest BCUT2D eigenvalue weighted by Crippen LogP contribution is -2.27. The number of halogens is 1. The number of aromatic nitrogens is 1. The number of carbonyl (C=O) groups excluding carboxylic acids is 2. The summed E-state index contributed by atoms with van der Waals surface area (Å²) in [6, 6.07) is 4.25. The summed E-state index contributed by atoms with van der Waals surface area (Å²) < 4.78 is 13.8. The molecule has 140 valence electrons. The molecule has 1 aromatic heterocycles. The van der Waals surface area contributed by atoms with Crippen molar-refractivity contribution in [2.24, 2.45) is 0 Å². The molecule has 27 heavy (non-hydrogen) atoms. The van der Waals surface area contributed by atoms with E-state index in [1.807, 2.05) is 6.92 Å². The third-order valence-electron chi connectivity index (χ3n) is 5.10. The molecule has 4 N–H and O–H groups in total. The van der Waals surface area contributed by atoms with Crippen molar-refractivity contribution in [2.45, 2.75) is 26.2 Å². The van der Waals surface area contributed by atoms with Gasteiger partial charge in [0.2, 0.25) is 0 Å². The smallest absolute Gasteiger partial charge is 0.256 e. The largest absolute Gasteiger partial charge is 0.395 e. The number of benzene rings is 1. The number of H-pyrrole nitrogens is 1. The van der Waals surface area contributed by atoms with Gasteiger partial charge < -0.3 is 20.7 Å². The molecule has 7 heteroatoms. The molecule has 1 aromatic carbocycles. The Labute approximate surface area is 155 Å². The number of rotatable bonds is 3. The summed E-state index contributed by atoms with van der Waals surface area (Å²) in [4.78, 5) is 28.4. The van der Waals surface area contributed by atoms with Crippen LogP contribution in [-0.2, 0) is 11.2 Å². The maximum Gasteiger partial charge on any atom is 0.256 e. The van der Waals surface area contributed by atoms with Gasteiger partial charge in [-0.25, -0.2) is 4.39 Å². The van der Waals surface area contributed by atoms with Gasteiger partial charge in [0.05, 0.1) is 17.7 Å². The van der Waals surface area contributed by atoms with Crippen molar-refractivity contribution in [3.63, 3.8) is 0 Å². The van der Waals surface area contributed by atoms with E-state index in [0.717, 1.165) is 29.7 Å². The van der Waals surface area contributed by atoms with E-state index in [4.69, 9.17) is 5.11 Å². The van der Waals surface area contributed by atoms with E-state index in [1.165, 1.54) is 12.1 Å². The number of hydrogen-bond acceptors (Lipinski definition) is 3. The van der Waals surface area contributed by atoms with E-state index < -0.39 is 5.82 Å². The number of aliphatic hydroxyl groups excluding tert-OH is 1. The fourth-order valence-electron chi connectivity index (χ4n) is 4.01. The molecule has 0 fully saturated rings. The third-order valence-corrected chi connectivity index (χ3v) is 5.10. The van der Waals surface area contributed by atoms with Crippen LogP contribution in [-0.4, -0.2) is 35.1 Å². The van der Waals surface area contributed by atoms with Crippen LogP contribution in [0.1, 0.15) is 45.7 Å². The number of anilines is 1. The van der Waals surface area contributed by atoms with Crippen LogP contribution < -0.4 is 10.6 Å². The Hall–Kier alpha value is -2.93. The van der Waals surface area contributed by atoms with Crippen LogP contribution in [0.3, 0.4) is 0 Å². The highest BCUT2D eigenvalue weighted by Crippen LogP contribution is 2.43. The van der Waals surface area contributed by atoms with Crippen LogP contribution in [0, 0.1) is 12.7 Å². The summed E-state index contributed by atoms with van der Waals surface area (Å²) in [5.74, 6) is -0.893. The molecule has 6 nitrogen and oxygen atoms in total. The predicted molar refractivity (Wildman–Crippen MR) is 99.7 cm³/mol. The molecule has 2 amide bonds. The zero-order valence-corrected chi connectivity index (χ0v) is 14.9. The lowest BCUT2D eigenvalue weighted by molar-refractivity contribution is -0.110. The molecule has 2 heterocycles. The van der Waals surface area contributed by atoms with E-state index in [2.05, 4.69) is 15.6 Å². The number of aliphatic hydroxyl groups is 1. The average Bonchev–Trinajstić information content (AvgIpc) is 3.14. The first kappa shape index (κ1) is 17.5. The number of fused-ring (bicyclic) bond motifs is 2. The number of carbonyl (C=O) groups is 2. The Balaban J connectivity index is 1.86. The summed E-state index contributed by atoms with van der Waals surface area (Å²) in [5.41, 5.74) is 5.35. The molecule has 1 aliphatic heterocycles. The van der Waals surface area contributed by atoms with Gasteiger partial charge in [-0.05, 0) is 55.5 Å². The average molecular weight is 369 g/mol. The molecule has 4 rings (SSSR count). The summed E-state index contributed by atoms with van der Waals surface area (Å²) in [7, 11) is 0. The SMILES string of the molecule is Cc1[nH]c2c(c1C(=O)NCCO)CCC/C2=C1/C(=O)Nc2ccc(F)cc21. The molecule has 0 saturated carbocycles. The molecule has 0 saturated heterocycles. The van der Waals surface area contributed by atoms with Crippen LogP contribution >= 0.6 is 0 Å². The van der Waals surface area contributed by atoms with Crippen molar-refractivity contribution >= 4 is 28.6 Å². The number of aryl methyl sites for hydroxylation is 1. The van der Waals surface area contributed by atoms with Crippen molar-refractivity contribution in [1.82, 2.24) is 10.3 Å². The van der Waals surface area contributed by atoms with Crippen LogP contribution in [0.2, 0.25) is 0 Å². The second-order valence-corrected chi connectivity index (χ2v) is 6.81. The third kappa shape index (κ3) is 2.84. The molecule has 1 aliphatic carbocycles. The molecule has 0 atom stereocenters. The first-order valence-corrected chi connectivity index (χ1v) is 8.96. The summed E-state index contributed by atoms with van der Waals surface area (Å²) in [5, 5.41) is 14.4. The number of allylic oxidation sites excluding steroid dienone is 1. The highest BCUT2D eigenvalue weighted by atomic mass is 19.1. The number of amides is 2. The van der Waals surface area contributed by atoms with Gasteiger partial charge in [-0.1, -0.05) is 0 Å². The molecule has 0 spiro atoms.